The Morgan fingerprint density at radius 3 is 2.47 bits per heavy atom. The Morgan fingerprint density at radius 2 is 1.94 bits per heavy atom. The number of nitrogens with one attached hydrogen (secondary N) is 2. The number of alkyl halides is 2. The van der Waals surface area contributed by atoms with Crippen LogP contribution in [-0.2, 0) is 0 Å². The normalized spacial score (nSPS) is 12.5. The molecule has 0 fully saturated rings. The van der Waals surface area contributed by atoms with E-state index >= 15 is 0 Å². The molecule has 1 rings (SSSR count). The first kappa shape index (κ1) is 14.3. The second-order valence-electron chi connectivity index (χ2n) is 3.61. The summed E-state index contributed by atoms with van der Waals surface area (Å²) >= 11 is 11.6. The minimum atomic E-state index is -0.686. The average molecular weight is 275 g/mol. The number of rotatable bonds is 6. The third-order valence-corrected chi connectivity index (χ3v) is 2.69. The molecule has 1 atom stereocenters. The van der Waals surface area contributed by atoms with Gasteiger partial charge in [0.05, 0.1) is 0 Å². The fourth-order valence-corrected chi connectivity index (χ4v) is 1.62. The number of benzene rings is 1. The van der Waals surface area contributed by atoms with Gasteiger partial charge < -0.3 is 5.32 Å². The van der Waals surface area contributed by atoms with Crippen LogP contribution in [0.5, 0.6) is 0 Å². The van der Waals surface area contributed by atoms with Crippen LogP contribution >= 0.6 is 23.2 Å². The minimum Gasteiger partial charge on any atom is -0.334 e. The number of halogens is 2. The first-order chi connectivity index (χ1) is 8.15. The molecule has 1 aromatic carbocycles. The lowest BCUT2D eigenvalue weighted by Gasteiger charge is -2.20. The molecule has 0 bridgehead atoms. The van der Waals surface area contributed by atoms with Crippen LogP contribution in [0, 0.1) is 0 Å². The third kappa shape index (κ3) is 4.94. The van der Waals surface area contributed by atoms with Gasteiger partial charge in [0.25, 0.3) is 5.91 Å². The van der Waals surface area contributed by atoms with Crippen molar-refractivity contribution >= 4 is 29.1 Å². The molecule has 5 heteroatoms. The smallest absolute Gasteiger partial charge is 0.252 e. The molecule has 0 aliphatic heterocycles. The summed E-state index contributed by atoms with van der Waals surface area (Å²) in [5.74, 6) is -0.189. The molecule has 0 heterocycles. The van der Waals surface area contributed by atoms with Gasteiger partial charge in [-0.2, -0.15) is 0 Å². The van der Waals surface area contributed by atoms with Gasteiger partial charge in [0, 0.05) is 5.56 Å². The summed E-state index contributed by atoms with van der Waals surface area (Å²) in [7, 11) is 0. The standard InChI is InChI=1S/C12H16Cl2N2O/c1-2-8-15-11(10(13)14)16-12(17)9-6-4-3-5-7-9/h3-7,10-11,15H,2,8H2,1H3,(H,16,17). The molecule has 0 saturated carbocycles. The highest BCUT2D eigenvalue weighted by molar-refractivity contribution is 6.44. The molecule has 0 aromatic heterocycles. The SMILES string of the molecule is CCCNC(NC(=O)c1ccccc1)C(Cl)Cl. The zero-order valence-electron chi connectivity index (χ0n) is 9.62. The lowest BCUT2D eigenvalue weighted by Crippen LogP contribution is -2.49. The van der Waals surface area contributed by atoms with Gasteiger partial charge in [0.15, 0.2) is 0 Å². The Morgan fingerprint density at radius 1 is 1.29 bits per heavy atom. The molecule has 0 radical (unpaired) electrons. The van der Waals surface area contributed by atoms with E-state index in [9.17, 15) is 4.79 Å². The average Bonchev–Trinajstić information content (AvgIpc) is 2.35. The lowest BCUT2D eigenvalue weighted by atomic mass is 10.2. The van der Waals surface area contributed by atoms with Gasteiger partial charge in [-0.05, 0) is 25.1 Å². The van der Waals surface area contributed by atoms with Gasteiger partial charge in [-0.15, -0.1) is 23.2 Å². The van der Waals surface area contributed by atoms with Crippen LogP contribution in [0.3, 0.4) is 0 Å². The minimum absolute atomic E-state index is 0.189. The van der Waals surface area contributed by atoms with Gasteiger partial charge in [-0.3, -0.25) is 10.1 Å². The summed E-state index contributed by atoms with van der Waals surface area (Å²) in [5, 5.41) is 5.83. The molecule has 1 amide bonds. The van der Waals surface area contributed by atoms with Gasteiger partial charge in [0.1, 0.15) is 11.0 Å². The van der Waals surface area contributed by atoms with Gasteiger partial charge >= 0.3 is 0 Å². The van der Waals surface area contributed by atoms with Crippen LogP contribution < -0.4 is 10.6 Å². The molecule has 1 unspecified atom stereocenters. The Balaban J connectivity index is 2.58. The van der Waals surface area contributed by atoms with E-state index in [-0.39, 0.29) is 5.91 Å². The van der Waals surface area contributed by atoms with Crippen LogP contribution in [0.25, 0.3) is 0 Å². The van der Waals surface area contributed by atoms with Crippen LogP contribution in [0.4, 0.5) is 0 Å². The molecule has 94 valence electrons. The zero-order chi connectivity index (χ0) is 12.7. The van der Waals surface area contributed by atoms with Crippen molar-refractivity contribution in [3.63, 3.8) is 0 Å². The largest absolute Gasteiger partial charge is 0.334 e. The Kier molecular flexibility index (Phi) is 6.34. The highest BCUT2D eigenvalue weighted by atomic mass is 35.5. The molecule has 0 spiro atoms. The van der Waals surface area contributed by atoms with Gasteiger partial charge in [-0.1, -0.05) is 25.1 Å². The molecule has 0 saturated heterocycles. The van der Waals surface area contributed by atoms with Crippen molar-refractivity contribution in [3.05, 3.63) is 35.9 Å². The van der Waals surface area contributed by atoms with E-state index in [0.29, 0.717) is 5.56 Å². The monoisotopic (exact) mass is 274 g/mol. The number of carbonyl (C=O) groups is 1. The molecule has 17 heavy (non-hydrogen) atoms. The fourth-order valence-electron chi connectivity index (χ4n) is 1.32. The van der Waals surface area contributed by atoms with E-state index in [2.05, 4.69) is 10.6 Å². The van der Waals surface area contributed by atoms with Crippen LogP contribution in [0.15, 0.2) is 30.3 Å². The topological polar surface area (TPSA) is 41.1 Å². The predicted molar refractivity (Wildman–Crippen MR) is 71.5 cm³/mol. The van der Waals surface area contributed by atoms with E-state index in [0.717, 1.165) is 13.0 Å². The van der Waals surface area contributed by atoms with Crippen LogP contribution in [0.1, 0.15) is 23.7 Å². The van der Waals surface area contributed by atoms with E-state index in [1.165, 1.54) is 0 Å². The van der Waals surface area contributed by atoms with Crippen molar-refractivity contribution in [2.45, 2.75) is 24.3 Å². The van der Waals surface area contributed by atoms with Gasteiger partial charge in [-0.25, -0.2) is 0 Å². The quantitative estimate of drug-likeness (QED) is 0.618. The van der Waals surface area contributed by atoms with E-state index in [1.54, 1.807) is 12.1 Å². The van der Waals surface area contributed by atoms with E-state index < -0.39 is 11.0 Å². The van der Waals surface area contributed by atoms with E-state index in [4.69, 9.17) is 23.2 Å². The molecular formula is C12H16Cl2N2O. The summed E-state index contributed by atoms with van der Waals surface area (Å²) in [5.41, 5.74) is 0.588. The second kappa shape index (κ2) is 7.54. The molecule has 1 aromatic rings. The lowest BCUT2D eigenvalue weighted by molar-refractivity contribution is 0.0932. The Labute approximate surface area is 111 Å². The summed E-state index contributed by atoms with van der Waals surface area (Å²) < 4.78 is 0. The molecule has 2 N–H and O–H groups in total. The fraction of sp³-hybridized carbons (Fsp3) is 0.417. The first-order valence-electron chi connectivity index (χ1n) is 5.52. The number of carbonyl (C=O) groups excluding carboxylic acids is 1. The maximum atomic E-state index is 11.9. The van der Waals surface area contributed by atoms with Crippen LogP contribution in [-0.4, -0.2) is 23.5 Å². The third-order valence-electron chi connectivity index (χ3n) is 2.19. The van der Waals surface area contributed by atoms with Crippen molar-refractivity contribution in [2.75, 3.05) is 6.54 Å². The summed E-state index contributed by atoms with van der Waals surface area (Å²) in [4.78, 5) is 11.2. The highest BCUT2D eigenvalue weighted by Gasteiger charge is 2.18. The number of hydrogen-bond acceptors (Lipinski definition) is 2. The highest BCUT2D eigenvalue weighted by Crippen LogP contribution is 2.07. The van der Waals surface area contributed by atoms with Crippen molar-refractivity contribution < 1.29 is 4.79 Å². The molecule has 0 aliphatic carbocycles. The molecular weight excluding hydrogens is 259 g/mol. The second-order valence-corrected chi connectivity index (χ2v) is 4.77. The number of hydrogen-bond donors (Lipinski definition) is 2. The summed E-state index contributed by atoms with van der Waals surface area (Å²) in [6.07, 6.45) is 0.504. The zero-order valence-corrected chi connectivity index (χ0v) is 11.1. The van der Waals surface area contributed by atoms with Crippen molar-refractivity contribution in [2.24, 2.45) is 0 Å². The Bertz CT molecular complexity index is 344. The molecule has 3 nitrogen and oxygen atoms in total. The first-order valence-corrected chi connectivity index (χ1v) is 6.40. The maximum Gasteiger partial charge on any atom is 0.252 e. The summed E-state index contributed by atoms with van der Waals surface area (Å²) in [6.45, 7) is 2.77. The van der Waals surface area contributed by atoms with E-state index in [1.807, 2.05) is 25.1 Å². The van der Waals surface area contributed by atoms with Crippen molar-refractivity contribution in [1.29, 1.82) is 0 Å². The Hall–Kier alpha value is -0.770. The predicted octanol–water partition coefficient (Wildman–Crippen LogP) is 2.55. The molecule has 0 aliphatic rings. The van der Waals surface area contributed by atoms with Crippen LogP contribution in [0.2, 0.25) is 0 Å². The van der Waals surface area contributed by atoms with Crippen molar-refractivity contribution in [1.82, 2.24) is 10.6 Å². The number of amides is 1. The maximum absolute atomic E-state index is 11.9. The van der Waals surface area contributed by atoms with Crippen molar-refractivity contribution in [3.8, 4) is 0 Å². The van der Waals surface area contributed by atoms with Gasteiger partial charge in [0.2, 0.25) is 0 Å². The summed E-state index contributed by atoms with van der Waals surface area (Å²) in [6, 6.07) is 8.95.